The van der Waals surface area contributed by atoms with E-state index in [0.29, 0.717) is 25.5 Å². The number of fused-ring (bicyclic) bond motifs is 3. The number of aryl methyl sites for hydroxylation is 2. The molecule has 2 heterocycles. The Morgan fingerprint density at radius 1 is 1.05 bits per heavy atom. The fourth-order valence-electron chi connectivity index (χ4n) is 4.99. The Hall–Kier alpha value is -4.24. The van der Waals surface area contributed by atoms with E-state index in [2.05, 4.69) is 20.7 Å². The van der Waals surface area contributed by atoms with Crippen LogP contribution in [0.25, 0.3) is 21.8 Å². The number of oxime groups is 1. The summed E-state index contributed by atoms with van der Waals surface area (Å²) in [5, 5.41) is 17.4. The van der Waals surface area contributed by atoms with E-state index >= 15 is 0 Å². The van der Waals surface area contributed by atoms with Gasteiger partial charge in [0, 0.05) is 77.3 Å². The predicted octanol–water partition coefficient (Wildman–Crippen LogP) is 5.18. The van der Waals surface area contributed by atoms with Crippen LogP contribution in [-0.4, -0.2) is 47.5 Å². The summed E-state index contributed by atoms with van der Waals surface area (Å²) >= 11 is 0. The summed E-state index contributed by atoms with van der Waals surface area (Å²) in [5.74, 6) is -0.514. The van der Waals surface area contributed by atoms with Gasteiger partial charge in [-0.05, 0) is 49.7 Å². The van der Waals surface area contributed by atoms with Crippen molar-refractivity contribution in [1.82, 2.24) is 4.57 Å². The first-order chi connectivity index (χ1) is 17.9. The molecule has 1 aromatic heterocycles. The van der Waals surface area contributed by atoms with Gasteiger partial charge in [0.1, 0.15) is 5.71 Å². The van der Waals surface area contributed by atoms with Crippen molar-refractivity contribution >= 4 is 44.9 Å². The van der Waals surface area contributed by atoms with E-state index in [0.717, 1.165) is 57.3 Å². The van der Waals surface area contributed by atoms with E-state index in [1.165, 1.54) is 13.0 Å². The molecule has 190 valence electrons. The maximum Gasteiger partial charge on any atom is 0.332 e. The summed E-state index contributed by atoms with van der Waals surface area (Å²) in [4.78, 5) is 30.2. The molecule has 9 nitrogen and oxygen atoms in total. The molecule has 1 fully saturated rings. The van der Waals surface area contributed by atoms with Gasteiger partial charge < -0.3 is 19.0 Å². The SMILES string of the molecule is CCn1c2ccc(/C(=N/OC(C)=O)c3ccc(N4CCOCC4)cc3C)cc2c2cc([N+](=O)[O-])ccc21. The zero-order valence-electron chi connectivity index (χ0n) is 21.1. The lowest BCUT2D eigenvalue weighted by atomic mass is 9.96. The number of hydrogen-bond acceptors (Lipinski definition) is 7. The zero-order valence-corrected chi connectivity index (χ0v) is 21.1. The monoisotopic (exact) mass is 500 g/mol. The number of nitrogens with zero attached hydrogens (tertiary/aromatic N) is 4. The fraction of sp³-hybridized carbons (Fsp3) is 0.286. The van der Waals surface area contributed by atoms with Gasteiger partial charge in [-0.25, -0.2) is 4.79 Å². The molecule has 0 radical (unpaired) electrons. The molecule has 0 atom stereocenters. The van der Waals surface area contributed by atoms with Crippen LogP contribution in [0.15, 0.2) is 59.8 Å². The third-order valence-corrected chi connectivity index (χ3v) is 6.76. The smallest absolute Gasteiger partial charge is 0.332 e. The Morgan fingerprint density at radius 2 is 1.76 bits per heavy atom. The average Bonchev–Trinajstić information content (AvgIpc) is 3.22. The number of morpholine rings is 1. The molecule has 0 unspecified atom stereocenters. The zero-order chi connectivity index (χ0) is 26.1. The summed E-state index contributed by atoms with van der Waals surface area (Å²) in [6.07, 6.45) is 0. The standard InChI is InChI=1S/C28H28N4O5/c1-4-31-26-9-5-20(16-24(26)25-17-22(32(34)35)7-10-27(25)31)28(29-37-19(3)33)23-8-6-21(15-18(23)2)30-11-13-36-14-12-30/h5-10,15-17H,4,11-14H2,1-3H3/b29-28-. The number of ether oxygens (including phenoxy) is 1. The van der Waals surface area contributed by atoms with Crippen molar-refractivity contribution in [2.45, 2.75) is 27.3 Å². The number of aromatic nitrogens is 1. The van der Waals surface area contributed by atoms with E-state index < -0.39 is 5.97 Å². The van der Waals surface area contributed by atoms with Crippen molar-refractivity contribution in [2.75, 3.05) is 31.2 Å². The number of hydrogen-bond donors (Lipinski definition) is 0. The third-order valence-electron chi connectivity index (χ3n) is 6.76. The van der Waals surface area contributed by atoms with Gasteiger partial charge in [0.15, 0.2) is 0 Å². The molecule has 5 rings (SSSR count). The second-order valence-corrected chi connectivity index (χ2v) is 9.06. The van der Waals surface area contributed by atoms with E-state index in [4.69, 9.17) is 9.57 Å². The molecule has 37 heavy (non-hydrogen) atoms. The number of nitro benzene ring substituents is 1. The molecule has 0 bridgehead atoms. The van der Waals surface area contributed by atoms with Gasteiger partial charge in [-0.15, -0.1) is 0 Å². The summed E-state index contributed by atoms with van der Waals surface area (Å²) < 4.78 is 7.60. The summed E-state index contributed by atoms with van der Waals surface area (Å²) in [6, 6.07) is 17.0. The molecular formula is C28H28N4O5. The van der Waals surface area contributed by atoms with Crippen LogP contribution in [0.5, 0.6) is 0 Å². The highest BCUT2D eigenvalue weighted by atomic mass is 16.7. The minimum atomic E-state index is -0.514. The van der Waals surface area contributed by atoms with Crippen LogP contribution >= 0.6 is 0 Å². The molecule has 1 aliphatic heterocycles. The van der Waals surface area contributed by atoms with Crippen molar-refractivity contribution in [3.63, 3.8) is 0 Å². The maximum absolute atomic E-state index is 11.7. The van der Waals surface area contributed by atoms with Crippen molar-refractivity contribution in [1.29, 1.82) is 0 Å². The van der Waals surface area contributed by atoms with Gasteiger partial charge in [-0.1, -0.05) is 17.3 Å². The number of carbonyl (C=O) groups is 1. The Balaban J connectivity index is 1.65. The summed E-state index contributed by atoms with van der Waals surface area (Å²) in [5.41, 5.74) is 6.12. The van der Waals surface area contributed by atoms with E-state index in [1.807, 2.05) is 44.2 Å². The predicted molar refractivity (Wildman–Crippen MR) is 143 cm³/mol. The number of benzene rings is 3. The van der Waals surface area contributed by atoms with E-state index in [9.17, 15) is 14.9 Å². The van der Waals surface area contributed by atoms with Gasteiger partial charge in [0.05, 0.1) is 18.1 Å². The lowest BCUT2D eigenvalue weighted by Crippen LogP contribution is -2.36. The highest BCUT2D eigenvalue weighted by Gasteiger charge is 2.19. The fourth-order valence-corrected chi connectivity index (χ4v) is 4.99. The molecule has 1 aliphatic rings. The second-order valence-electron chi connectivity index (χ2n) is 9.06. The second kappa shape index (κ2) is 10.0. The van der Waals surface area contributed by atoms with Crippen LogP contribution in [0, 0.1) is 17.0 Å². The number of carbonyl (C=O) groups excluding carboxylic acids is 1. The number of nitro groups is 1. The van der Waals surface area contributed by atoms with Crippen LogP contribution in [0.2, 0.25) is 0 Å². The van der Waals surface area contributed by atoms with Crippen LogP contribution in [-0.2, 0) is 20.9 Å². The van der Waals surface area contributed by atoms with Crippen molar-refractivity contribution in [2.24, 2.45) is 5.16 Å². The molecule has 1 saturated heterocycles. The van der Waals surface area contributed by atoms with Crippen molar-refractivity contribution in [3.05, 3.63) is 81.4 Å². The number of anilines is 1. The molecule has 0 saturated carbocycles. The quantitative estimate of drug-likeness (QED) is 0.157. The Morgan fingerprint density at radius 3 is 2.41 bits per heavy atom. The molecule has 0 aliphatic carbocycles. The lowest BCUT2D eigenvalue weighted by molar-refractivity contribution is -0.384. The normalized spacial score (nSPS) is 14.4. The van der Waals surface area contributed by atoms with E-state index in [-0.39, 0.29) is 10.6 Å². The van der Waals surface area contributed by atoms with Crippen LogP contribution in [0.3, 0.4) is 0 Å². The Labute approximate surface area is 214 Å². The molecule has 0 spiro atoms. The van der Waals surface area contributed by atoms with Gasteiger partial charge >= 0.3 is 5.97 Å². The first kappa shape index (κ1) is 24.5. The first-order valence-corrected chi connectivity index (χ1v) is 12.3. The Bertz CT molecular complexity index is 1550. The summed E-state index contributed by atoms with van der Waals surface area (Å²) in [6.45, 7) is 9.14. The number of non-ortho nitro benzene ring substituents is 1. The highest BCUT2D eigenvalue weighted by molar-refractivity contribution is 6.17. The topological polar surface area (TPSA) is 99.2 Å². The van der Waals surface area contributed by atoms with Crippen LogP contribution in [0.1, 0.15) is 30.5 Å². The minimum Gasteiger partial charge on any atom is -0.378 e. The average molecular weight is 501 g/mol. The Kier molecular flexibility index (Phi) is 6.62. The van der Waals surface area contributed by atoms with Gasteiger partial charge in [-0.2, -0.15) is 0 Å². The van der Waals surface area contributed by atoms with Gasteiger partial charge in [0.25, 0.3) is 5.69 Å². The van der Waals surface area contributed by atoms with Crippen LogP contribution < -0.4 is 4.90 Å². The minimum absolute atomic E-state index is 0.0383. The van der Waals surface area contributed by atoms with Crippen molar-refractivity contribution < 1.29 is 19.3 Å². The largest absolute Gasteiger partial charge is 0.378 e. The molecule has 3 aromatic carbocycles. The summed E-state index contributed by atoms with van der Waals surface area (Å²) in [7, 11) is 0. The molecular weight excluding hydrogens is 472 g/mol. The lowest BCUT2D eigenvalue weighted by Gasteiger charge is -2.29. The first-order valence-electron chi connectivity index (χ1n) is 12.3. The molecule has 9 heteroatoms. The van der Waals surface area contributed by atoms with Crippen LogP contribution in [0.4, 0.5) is 11.4 Å². The maximum atomic E-state index is 11.7. The molecule has 0 N–H and O–H groups in total. The highest BCUT2D eigenvalue weighted by Crippen LogP contribution is 2.33. The third kappa shape index (κ3) is 4.65. The van der Waals surface area contributed by atoms with E-state index in [1.54, 1.807) is 12.1 Å². The van der Waals surface area contributed by atoms with Crippen molar-refractivity contribution in [3.8, 4) is 0 Å². The molecule has 4 aromatic rings. The van der Waals surface area contributed by atoms with Gasteiger partial charge in [0.2, 0.25) is 0 Å². The number of rotatable bonds is 6. The molecule has 0 amide bonds. The van der Waals surface area contributed by atoms with Gasteiger partial charge in [-0.3, -0.25) is 10.1 Å².